The number of fused-ring (bicyclic) bond motifs is 1. The van der Waals surface area contributed by atoms with Gasteiger partial charge in [0.25, 0.3) is 5.91 Å². The average Bonchev–Trinajstić information content (AvgIpc) is 3.22. The van der Waals surface area contributed by atoms with E-state index in [1.54, 1.807) is 24.5 Å². The Labute approximate surface area is 146 Å². The van der Waals surface area contributed by atoms with Crippen molar-refractivity contribution < 1.29 is 9.18 Å². The molecule has 3 aromatic heterocycles. The topological polar surface area (TPSA) is 59.3 Å². The number of rotatable bonds is 4. The maximum Gasteiger partial charge on any atom is 0.272 e. The SMILES string of the molecule is O=C(NCc1ccc(F)cc1)c1nc2sccn2c1-c1cccnc1. The molecule has 4 rings (SSSR count). The van der Waals surface area contributed by atoms with E-state index in [2.05, 4.69) is 15.3 Å². The maximum absolute atomic E-state index is 13.0. The summed E-state index contributed by atoms with van der Waals surface area (Å²) in [4.78, 5) is 22.0. The summed E-state index contributed by atoms with van der Waals surface area (Å²) < 4.78 is 14.9. The standard InChI is InChI=1S/C18H13FN4OS/c19-14-5-3-12(4-6-14)10-21-17(24)15-16(13-2-1-7-20-11-13)23-8-9-25-18(23)22-15/h1-9,11H,10H2,(H,21,24). The van der Waals surface area contributed by atoms with Crippen LogP contribution in [0.25, 0.3) is 16.2 Å². The third kappa shape index (κ3) is 3.01. The van der Waals surface area contributed by atoms with Gasteiger partial charge in [-0.15, -0.1) is 11.3 Å². The van der Waals surface area contributed by atoms with Crippen LogP contribution in [-0.4, -0.2) is 20.3 Å². The highest BCUT2D eigenvalue weighted by molar-refractivity contribution is 7.15. The van der Waals surface area contributed by atoms with Gasteiger partial charge in [0.1, 0.15) is 5.82 Å². The molecule has 0 aliphatic rings. The van der Waals surface area contributed by atoms with Crippen LogP contribution in [0.3, 0.4) is 0 Å². The lowest BCUT2D eigenvalue weighted by Gasteiger charge is -2.06. The summed E-state index contributed by atoms with van der Waals surface area (Å²) in [5.74, 6) is -0.581. The van der Waals surface area contributed by atoms with Crippen LogP contribution >= 0.6 is 11.3 Å². The molecule has 1 N–H and O–H groups in total. The van der Waals surface area contributed by atoms with E-state index >= 15 is 0 Å². The summed E-state index contributed by atoms with van der Waals surface area (Å²) in [7, 11) is 0. The summed E-state index contributed by atoms with van der Waals surface area (Å²) in [5, 5.41) is 4.76. The largest absolute Gasteiger partial charge is 0.347 e. The van der Waals surface area contributed by atoms with E-state index in [4.69, 9.17) is 0 Å². The van der Waals surface area contributed by atoms with Crippen LogP contribution in [0, 0.1) is 5.82 Å². The predicted octanol–water partition coefficient (Wildman–Crippen LogP) is 3.53. The minimum Gasteiger partial charge on any atom is -0.347 e. The van der Waals surface area contributed by atoms with Gasteiger partial charge >= 0.3 is 0 Å². The van der Waals surface area contributed by atoms with Crippen LogP contribution < -0.4 is 5.32 Å². The molecular weight excluding hydrogens is 339 g/mol. The van der Waals surface area contributed by atoms with E-state index in [1.165, 1.54) is 23.5 Å². The lowest BCUT2D eigenvalue weighted by molar-refractivity contribution is 0.0947. The fourth-order valence-electron chi connectivity index (χ4n) is 2.59. The van der Waals surface area contributed by atoms with Gasteiger partial charge < -0.3 is 5.32 Å². The molecule has 3 heterocycles. The number of hydrogen-bond acceptors (Lipinski definition) is 4. The van der Waals surface area contributed by atoms with E-state index in [9.17, 15) is 9.18 Å². The second kappa shape index (κ2) is 6.45. The number of halogens is 1. The van der Waals surface area contributed by atoms with Gasteiger partial charge in [-0.05, 0) is 29.8 Å². The number of imidazole rings is 1. The van der Waals surface area contributed by atoms with Crippen molar-refractivity contribution in [1.82, 2.24) is 19.7 Å². The number of carbonyl (C=O) groups is 1. The molecule has 7 heteroatoms. The highest BCUT2D eigenvalue weighted by Crippen LogP contribution is 2.27. The number of nitrogens with zero attached hydrogens (tertiary/aromatic N) is 3. The Kier molecular flexibility index (Phi) is 3.99. The van der Waals surface area contributed by atoms with Crippen LogP contribution in [0.15, 0.2) is 60.4 Å². The van der Waals surface area contributed by atoms with E-state index in [1.807, 2.05) is 28.1 Å². The van der Waals surface area contributed by atoms with Crippen molar-refractivity contribution in [2.75, 3.05) is 0 Å². The van der Waals surface area contributed by atoms with Crippen molar-refractivity contribution in [2.45, 2.75) is 6.54 Å². The Bertz CT molecular complexity index is 1020. The molecule has 0 radical (unpaired) electrons. The van der Waals surface area contributed by atoms with Crippen LogP contribution in [0.5, 0.6) is 0 Å². The Balaban J connectivity index is 1.65. The third-order valence-electron chi connectivity index (χ3n) is 3.78. The summed E-state index contributed by atoms with van der Waals surface area (Å²) in [6.45, 7) is 0.302. The van der Waals surface area contributed by atoms with Crippen molar-refractivity contribution in [3.63, 3.8) is 0 Å². The summed E-state index contributed by atoms with van der Waals surface area (Å²) >= 11 is 1.46. The van der Waals surface area contributed by atoms with Gasteiger partial charge in [-0.25, -0.2) is 9.37 Å². The molecule has 0 saturated carbocycles. The van der Waals surface area contributed by atoms with Gasteiger partial charge in [-0.2, -0.15) is 0 Å². The lowest BCUT2D eigenvalue weighted by Crippen LogP contribution is -2.23. The molecule has 0 aliphatic carbocycles. The van der Waals surface area contributed by atoms with Crippen molar-refractivity contribution >= 4 is 22.2 Å². The van der Waals surface area contributed by atoms with Gasteiger partial charge in [0.2, 0.25) is 0 Å². The second-order valence-corrected chi connectivity index (χ2v) is 6.29. The van der Waals surface area contributed by atoms with Gasteiger partial charge in [-0.3, -0.25) is 14.2 Å². The highest BCUT2D eigenvalue weighted by Gasteiger charge is 2.21. The third-order valence-corrected chi connectivity index (χ3v) is 4.54. The predicted molar refractivity (Wildman–Crippen MR) is 93.9 cm³/mol. The number of amides is 1. The number of hydrogen-bond donors (Lipinski definition) is 1. The number of pyridine rings is 1. The number of aromatic nitrogens is 3. The molecule has 0 saturated heterocycles. The van der Waals surface area contributed by atoms with Crippen LogP contribution in [0.2, 0.25) is 0 Å². The van der Waals surface area contributed by atoms with E-state index in [-0.39, 0.29) is 11.7 Å². The van der Waals surface area contributed by atoms with Gasteiger partial charge in [-0.1, -0.05) is 12.1 Å². The first-order valence-corrected chi connectivity index (χ1v) is 8.49. The zero-order valence-corrected chi connectivity index (χ0v) is 13.8. The number of nitrogens with one attached hydrogen (secondary N) is 1. The monoisotopic (exact) mass is 352 g/mol. The first-order chi connectivity index (χ1) is 12.2. The molecule has 1 aromatic carbocycles. The molecule has 124 valence electrons. The van der Waals surface area contributed by atoms with Gasteiger partial charge in [0.05, 0.1) is 5.69 Å². The van der Waals surface area contributed by atoms with E-state index in [0.717, 1.165) is 16.1 Å². The fraction of sp³-hybridized carbons (Fsp3) is 0.0556. The molecule has 0 aliphatic heterocycles. The quantitative estimate of drug-likeness (QED) is 0.611. The smallest absolute Gasteiger partial charge is 0.272 e. The Hall–Kier alpha value is -3.06. The number of thiazole rings is 1. The minimum absolute atomic E-state index is 0.279. The molecule has 0 atom stereocenters. The summed E-state index contributed by atoms with van der Waals surface area (Å²) in [6.07, 6.45) is 5.27. The van der Waals surface area contributed by atoms with Crippen molar-refractivity contribution in [2.24, 2.45) is 0 Å². The van der Waals surface area contributed by atoms with Crippen LogP contribution in [0.4, 0.5) is 4.39 Å². The number of carbonyl (C=O) groups excluding carboxylic acids is 1. The summed E-state index contributed by atoms with van der Waals surface area (Å²) in [5.41, 5.74) is 2.70. The lowest BCUT2D eigenvalue weighted by atomic mass is 10.1. The molecule has 0 fully saturated rings. The summed E-state index contributed by atoms with van der Waals surface area (Å²) in [6, 6.07) is 9.74. The van der Waals surface area contributed by atoms with Crippen molar-refractivity contribution in [3.8, 4) is 11.3 Å². The molecule has 0 unspecified atom stereocenters. The molecular formula is C18H13FN4OS. The second-order valence-electron chi connectivity index (χ2n) is 5.42. The number of benzene rings is 1. The molecule has 4 aromatic rings. The Morgan fingerprint density at radius 1 is 1.24 bits per heavy atom. The minimum atomic E-state index is -0.303. The van der Waals surface area contributed by atoms with Gasteiger partial charge in [0, 0.05) is 36.1 Å². The molecule has 5 nitrogen and oxygen atoms in total. The molecule has 1 amide bonds. The normalized spacial score (nSPS) is 10.9. The molecule has 25 heavy (non-hydrogen) atoms. The Morgan fingerprint density at radius 3 is 2.84 bits per heavy atom. The van der Waals surface area contributed by atoms with Crippen LogP contribution in [0.1, 0.15) is 16.1 Å². The molecule has 0 bridgehead atoms. The highest BCUT2D eigenvalue weighted by atomic mass is 32.1. The maximum atomic E-state index is 13.0. The first-order valence-electron chi connectivity index (χ1n) is 7.61. The fourth-order valence-corrected chi connectivity index (χ4v) is 3.31. The van der Waals surface area contributed by atoms with E-state index < -0.39 is 0 Å². The van der Waals surface area contributed by atoms with Gasteiger partial charge in [0.15, 0.2) is 10.7 Å². The zero-order chi connectivity index (χ0) is 17.2. The van der Waals surface area contributed by atoms with Crippen molar-refractivity contribution in [3.05, 3.63) is 77.4 Å². The van der Waals surface area contributed by atoms with Crippen molar-refractivity contribution in [1.29, 1.82) is 0 Å². The average molecular weight is 352 g/mol. The van der Waals surface area contributed by atoms with Crippen LogP contribution in [-0.2, 0) is 6.54 Å². The van der Waals surface area contributed by atoms with E-state index in [0.29, 0.717) is 17.9 Å². The zero-order valence-electron chi connectivity index (χ0n) is 13.0. The Morgan fingerprint density at radius 2 is 2.08 bits per heavy atom. The molecule has 0 spiro atoms. The first kappa shape index (κ1) is 15.5.